The van der Waals surface area contributed by atoms with E-state index in [9.17, 15) is 9.59 Å². The van der Waals surface area contributed by atoms with Crippen molar-refractivity contribution >= 4 is 34.3 Å². The van der Waals surface area contributed by atoms with E-state index in [4.69, 9.17) is 23.9 Å². The second kappa shape index (κ2) is 11.1. The number of rotatable bonds is 8. The van der Waals surface area contributed by atoms with E-state index in [1.54, 1.807) is 49.6 Å². The van der Waals surface area contributed by atoms with Crippen LogP contribution in [0.4, 0.5) is 16.2 Å². The van der Waals surface area contributed by atoms with E-state index in [1.165, 1.54) is 14.2 Å². The van der Waals surface area contributed by atoms with Gasteiger partial charge in [-0.25, -0.2) is 14.6 Å². The van der Waals surface area contributed by atoms with Crippen molar-refractivity contribution in [1.29, 1.82) is 0 Å². The van der Waals surface area contributed by atoms with Crippen LogP contribution in [0.15, 0.2) is 72.8 Å². The minimum atomic E-state index is -0.511. The summed E-state index contributed by atoms with van der Waals surface area (Å²) >= 11 is 0. The molecule has 4 rings (SSSR count). The summed E-state index contributed by atoms with van der Waals surface area (Å²) in [6.07, 6.45) is 0. The third kappa shape index (κ3) is 5.64. The molecule has 0 aliphatic heterocycles. The monoisotopic (exact) mass is 487 g/mol. The average Bonchev–Trinajstić information content (AvgIpc) is 2.92. The summed E-state index contributed by atoms with van der Waals surface area (Å²) in [6, 6.07) is 21.2. The zero-order chi connectivity index (χ0) is 25.5. The van der Waals surface area contributed by atoms with Crippen molar-refractivity contribution in [2.24, 2.45) is 0 Å². The molecule has 2 N–H and O–H groups in total. The van der Waals surface area contributed by atoms with Crippen LogP contribution in [0.25, 0.3) is 22.2 Å². The molecule has 2 amide bonds. The van der Waals surface area contributed by atoms with E-state index in [2.05, 4.69) is 10.6 Å². The highest BCUT2D eigenvalue weighted by Crippen LogP contribution is 2.33. The van der Waals surface area contributed by atoms with Crippen LogP contribution in [0, 0.1) is 0 Å². The van der Waals surface area contributed by atoms with Crippen LogP contribution in [0.1, 0.15) is 0 Å². The number of methoxy groups -OCH3 is 3. The van der Waals surface area contributed by atoms with Gasteiger partial charge in [-0.3, -0.25) is 0 Å². The summed E-state index contributed by atoms with van der Waals surface area (Å²) in [5, 5.41) is 6.19. The molecule has 36 heavy (non-hydrogen) atoms. The van der Waals surface area contributed by atoms with E-state index in [1.807, 2.05) is 30.3 Å². The van der Waals surface area contributed by atoms with Gasteiger partial charge in [0.1, 0.15) is 17.2 Å². The quantitative estimate of drug-likeness (QED) is 0.332. The van der Waals surface area contributed by atoms with Crippen molar-refractivity contribution in [3.63, 3.8) is 0 Å². The first kappa shape index (κ1) is 24.3. The smallest absolute Gasteiger partial charge is 0.343 e. The fraction of sp³-hybridized carbons (Fsp3) is 0.148. The molecule has 9 heteroatoms. The number of fused-ring (bicyclic) bond motifs is 1. The SMILES string of the molecule is COC(=O)COc1cc(-c2ccccc2)nc2ccc(NC(=O)Nc3ccc(OC)cc3OC)cc12. The van der Waals surface area contributed by atoms with Gasteiger partial charge in [-0.15, -0.1) is 0 Å². The van der Waals surface area contributed by atoms with Gasteiger partial charge in [0.2, 0.25) is 0 Å². The van der Waals surface area contributed by atoms with Gasteiger partial charge in [0.25, 0.3) is 0 Å². The molecule has 0 saturated carbocycles. The molecule has 0 bridgehead atoms. The number of amides is 2. The molecule has 4 aromatic rings. The van der Waals surface area contributed by atoms with Gasteiger partial charge in [-0.2, -0.15) is 0 Å². The van der Waals surface area contributed by atoms with E-state index in [-0.39, 0.29) is 6.61 Å². The second-order valence-corrected chi connectivity index (χ2v) is 7.61. The number of anilines is 2. The predicted molar refractivity (Wildman–Crippen MR) is 137 cm³/mol. The van der Waals surface area contributed by atoms with E-state index in [0.717, 1.165) is 5.56 Å². The number of nitrogens with zero attached hydrogens (tertiary/aromatic N) is 1. The Morgan fingerprint density at radius 3 is 2.36 bits per heavy atom. The Morgan fingerprint density at radius 2 is 1.64 bits per heavy atom. The number of aromatic nitrogens is 1. The van der Waals surface area contributed by atoms with Crippen molar-refractivity contribution in [3.05, 3.63) is 72.8 Å². The van der Waals surface area contributed by atoms with Crippen LogP contribution < -0.4 is 24.8 Å². The molecule has 9 nitrogen and oxygen atoms in total. The first-order valence-corrected chi connectivity index (χ1v) is 11.0. The predicted octanol–water partition coefficient (Wildman–Crippen LogP) is 5.11. The normalized spacial score (nSPS) is 10.4. The third-order valence-corrected chi connectivity index (χ3v) is 5.33. The summed E-state index contributed by atoms with van der Waals surface area (Å²) in [7, 11) is 4.35. The molecule has 0 aliphatic carbocycles. The van der Waals surface area contributed by atoms with Crippen molar-refractivity contribution in [2.45, 2.75) is 0 Å². The molecule has 0 aliphatic rings. The van der Waals surface area contributed by atoms with Gasteiger partial charge < -0.3 is 29.6 Å². The summed E-state index contributed by atoms with van der Waals surface area (Å²) in [5.41, 5.74) is 3.21. The Bertz CT molecular complexity index is 1390. The van der Waals surface area contributed by atoms with Crippen LogP contribution in [-0.2, 0) is 9.53 Å². The average molecular weight is 488 g/mol. The zero-order valence-electron chi connectivity index (χ0n) is 20.0. The van der Waals surface area contributed by atoms with Gasteiger partial charge >= 0.3 is 12.0 Å². The highest BCUT2D eigenvalue weighted by molar-refractivity contribution is 6.02. The molecule has 0 atom stereocenters. The number of ether oxygens (including phenoxy) is 4. The lowest BCUT2D eigenvalue weighted by molar-refractivity contribution is -0.142. The summed E-state index contributed by atoms with van der Waals surface area (Å²) in [4.78, 5) is 29.1. The molecule has 1 aromatic heterocycles. The minimum absolute atomic E-state index is 0.265. The standard InChI is InChI=1S/C27H25N3O6/c1-33-19-10-12-22(25(14-19)34-2)30-27(32)28-18-9-11-21-20(13-18)24(36-16-26(31)35-3)15-23(29-21)17-7-5-4-6-8-17/h4-15H,16H2,1-3H3,(H2,28,30,32). The largest absolute Gasteiger partial charge is 0.497 e. The van der Waals surface area contributed by atoms with Crippen LogP contribution in [0.5, 0.6) is 17.2 Å². The molecule has 0 radical (unpaired) electrons. The number of benzene rings is 3. The van der Waals surface area contributed by atoms with Crippen LogP contribution in [0.3, 0.4) is 0 Å². The number of pyridine rings is 1. The maximum absolute atomic E-state index is 12.7. The van der Waals surface area contributed by atoms with Crippen LogP contribution in [0.2, 0.25) is 0 Å². The molecular formula is C27H25N3O6. The number of urea groups is 1. The molecular weight excluding hydrogens is 462 g/mol. The lowest BCUT2D eigenvalue weighted by atomic mass is 10.1. The van der Waals surface area contributed by atoms with Gasteiger partial charge in [0.05, 0.1) is 38.2 Å². The summed E-state index contributed by atoms with van der Waals surface area (Å²) in [5.74, 6) is 0.988. The lowest BCUT2D eigenvalue weighted by Crippen LogP contribution is -2.19. The topological polar surface area (TPSA) is 108 Å². The highest BCUT2D eigenvalue weighted by atomic mass is 16.6. The first-order valence-electron chi connectivity index (χ1n) is 11.0. The van der Waals surface area contributed by atoms with Gasteiger partial charge in [0.15, 0.2) is 6.61 Å². The number of hydrogen-bond acceptors (Lipinski definition) is 7. The Labute approximate surface area is 208 Å². The third-order valence-electron chi connectivity index (χ3n) is 5.33. The highest BCUT2D eigenvalue weighted by Gasteiger charge is 2.14. The molecule has 1 heterocycles. The van der Waals surface area contributed by atoms with E-state index in [0.29, 0.717) is 45.2 Å². The number of esters is 1. The zero-order valence-corrected chi connectivity index (χ0v) is 20.0. The second-order valence-electron chi connectivity index (χ2n) is 7.61. The molecule has 184 valence electrons. The maximum Gasteiger partial charge on any atom is 0.343 e. The van der Waals surface area contributed by atoms with Gasteiger partial charge in [-0.05, 0) is 30.3 Å². The Hall–Kier alpha value is -4.79. The van der Waals surface area contributed by atoms with Crippen molar-refractivity contribution in [3.8, 4) is 28.5 Å². The van der Waals surface area contributed by atoms with Crippen molar-refractivity contribution < 1.29 is 28.5 Å². The molecule has 0 unspecified atom stereocenters. The summed E-state index contributed by atoms with van der Waals surface area (Å²) < 4.78 is 21.0. The van der Waals surface area contributed by atoms with Gasteiger partial charge in [0, 0.05) is 28.8 Å². The van der Waals surface area contributed by atoms with E-state index >= 15 is 0 Å². The van der Waals surface area contributed by atoms with Crippen molar-refractivity contribution in [1.82, 2.24) is 4.98 Å². The number of hydrogen-bond donors (Lipinski definition) is 2. The first-order chi connectivity index (χ1) is 17.5. The van der Waals surface area contributed by atoms with Crippen LogP contribution in [-0.4, -0.2) is 44.9 Å². The van der Waals surface area contributed by atoms with E-state index < -0.39 is 12.0 Å². The van der Waals surface area contributed by atoms with Crippen LogP contribution >= 0.6 is 0 Å². The fourth-order valence-electron chi connectivity index (χ4n) is 3.53. The molecule has 0 saturated heterocycles. The Kier molecular flexibility index (Phi) is 7.50. The number of carbonyl (C=O) groups excluding carboxylic acids is 2. The molecule has 3 aromatic carbocycles. The lowest BCUT2D eigenvalue weighted by Gasteiger charge is -2.14. The van der Waals surface area contributed by atoms with Gasteiger partial charge in [-0.1, -0.05) is 30.3 Å². The Balaban J connectivity index is 1.62. The minimum Gasteiger partial charge on any atom is -0.497 e. The summed E-state index contributed by atoms with van der Waals surface area (Å²) in [6.45, 7) is -0.265. The maximum atomic E-state index is 12.7. The number of nitrogens with one attached hydrogen (secondary N) is 2. The number of carbonyl (C=O) groups is 2. The van der Waals surface area contributed by atoms with Crippen molar-refractivity contribution in [2.75, 3.05) is 38.6 Å². The Morgan fingerprint density at radius 1 is 0.833 bits per heavy atom. The molecule has 0 spiro atoms. The fourth-order valence-corrected chi connectivity index (χ4v) is 3.53. The molecule has 0 fully saturated rings.